The van der Waals surface area contributed by atoms with Crippen LogP contribution in [0.15, 0.2) is 35.1 Å². The first-order valence-corrected chi connectivity index (χ1v) is 4.33. The Kier molecular flexibility index (Phi) is 2.45. The third kappa shape index (κ3) is 2.19. The minimum Gasteiger partial charge on any atom is -0.481 e. The number of carbonyl (C=O) groups is 1. The molecule has 0 atom stereocenters. The lowest BCUT2D eigenvalue weighted by Gasteiger charge is -1.90. The quantitative estimate of drug-likeness (QED) is 0.816. The summed E-state index contributed by atoms with van der Waals surface area (Å²) in [5, 5.41) is 12.3. The van der Waals surface area contributed by atoms with E-state index in [0.717, 1.165) is 5.56 Å². The van der Waals surface area contributed by atoms with E-state index in [1.54, 1.807) is 30.6 Å². The standard InChI is InChI=1S/C10H8N2O3/c13-10(14)6-8-5-9(12-15-8)7-1-3-11-4-2-7/h1-5H,6H2,(H,13,14). The van der Waals surface area contributed by atoms with Crippen molar-refractivity contribution in [3.8, 4) is 11.3 Å². The zero-order chi connectivity index (χ0) is 10.7. The molecule has 0 unspecified atom stereocenters. The number of hydrogen-bond acceptors (Lipinski definition) is 4. The van der Waals surface area contributed by atoms with Gasteiger partial charge in [-0.3, -0.25) is 9.78 Å². The van der Waals surface area contributed by atoms with Gasteiger partial charge in [-0.25, -0.2) is 0 Å². The molecular formula is C10H8N2O3. The largest absolute Gasteiger partial charge is 0.481 e. The minimum absolute atomic E-state index is 0.155. The first kappa shape index (κ1) is 9.39. The Morgan fingerprint density at radius 3 is 2.80 bits per heavy atom. The van der Waals surface area contributed by atoms with Crippen molar-refractivity contribution >= 4 is 5.97 Å². The molecule has 0 spiro atoms. The van der Waals surface area contributed by atoms with Gasteiger partial charge < -0.3 is 9.63 Å². The van der Waals surface area contributed by atoms with Crippen LogP contribution in [0, 0.1) is 0 Å². The molecule has 5 heteroatoms. The fourth-order valence-electron chi connectivity index (χ4n) is 1.20. The lowest BCUT2D eigenvalue weighted by atomic mass is 10.2. The molecule has 2 aromatic rings. The van der Waals surface area contributed by atoms with Gasteiger partial charge in [0.15, 0.2) is 0 Å². The molecule has 2 rings (SSSR count). The topological polar surface area (TPSA) is 76.2 Å². The van der Waals surface area contributed by atoms with Gasteiger partial charge in [0.1, 0.15) is 17.9 Å². The van der Waals surface area contributed by atoms with Crippen molar-refractivity contribution in [1.82, 2.24) is 10.1 Å². The summed E-state index contributed by atoms with van der Waals surface area (Å²) in [6.07, 6.45) is 3.12. The first-order valence-electron chi connectivity index (χ1n) is 4.33. The van der Waals surface area contributed by atoms with Crippen LogP contribution >= 0.6 is 0 Å². The smallest absolute Gasteiger partial charge is 0.311 e. The number of carboxylic acid groups (broad SMARTS) is 1. The molecule has 0 bridgehead atoms. The molecular weight excluding hydrogens is 196 g/mol. The van der Waals surface area contributed by atoms with E-state index in [1.807, 2.05) is 0 Å². The highest BCUT2D eigenvalue weighted by molar-refractivity contribution is 5.70. The summed E-state index contributed by atoms with van der Waals surface area (Å²) in [4.78, 5) is 14.3. The number of rotatable bonds is 3. The van der Waals surface area contributed by atoms with Crippen LogP contribution in [0.3, 0.4) is 0 Å². The highest BCUT2D eigenvalue weighted by Gasteiger charge is 2.09. The molecule has 0 aromatic carbocycles. The average Bonchev–Trinajstić information content (AvgIpc) is 2.67. The minimum atomic E-state index is -0.938. The Morgan fingerprint density at radius 1 is 1.40 bits per heavy atom. The lowest BCUT2D eigenvalue weighted by Crippen LogP contribution is -1.97. The molecule has 0 amide bonds. The molecule has 76 valence electrons. The van der Waals surface area contributed by atoms with Gasteiger partial charge >= 0.3 is 5.97 Å². The molecule has 2 heterocycles. The molecule has 1 N–H and O–H groups in total. The molecule has 2 aromatic heterocycles. The van der Waals surface area contributed by atoms with Gasteiger partial charge in [0.2, 0.25) is 0 Å². The van der Waals surface area contributed by atoms with E-state index < -0.39 is 5.97 Å². The van der Waals surface area contributed by atoms with Crippen LogP contribution in [0.1, 0.15) is 5.76 Å². The van der Waals surface area contributed by atoms with Crippen LogP contribution in [0.25, 0.3) is 11.3 Å². The predicted octanol–water partition coefficient (Wildman–Crippen LogP) is 1.36. The summed E-state index contributed by atoms with van der Waals surface area (Å²) in [7, 11) is 0. The highest BCUT2D eigenvalue weighted by Crippen LogP contribution is 2.17. The number of hydrogen-bond donors (Lipinski definition) is 1. The van der Waals surface area contributed by atoms with Gasteiger partial charge in [0, 0.05) is 24.0 Å². The molecule has 15 heavy (non-hydrogen) atoms. The maximum absolute atomic E-state index is 10.4. The lowest BCUT2D eigenvalue weighted by molar-refractivity contribution is -0.136. The second kappa shape index (κ2) is 3.91. The summed E-state index contributed by atoms with van der Waals surface area (Å²) in [6, 6.07) is 5.17. The molecule has 0 saturated carbocycles. The number of carboxylic acids is 1. The Bertz CT molecular complexity index is 465. The summed E-state index contributed by atoms with van der Waals surface area (Å²) in [6.45, 7) is 0. The van der Waals surface area contributed by atoms with Crippen LogP contribution in [0.2, 0.25) is 0 Å². The second-order valence-electron chi connectivity index (χ2n) is 2.98. The highest BCUT2D eigenvalue weighted by atomic mass is 16.5. The third-order valence-electron chi connectivity index (χ3n) is 1.86. The first-order chi connectivity index (χ1) is 7.25. The van der Waals surface area contributed by atoms with E-state index in [0.29, 0.717) is 11.5 Å². The monoisotopic (exact) mass is 204 g/mol. The van der Waals surface area contributed by atoms with Crippen molar-refractivity contribution in [1.29, 1.82) is 0 Å². The normalized spacial score (nSPS) is 10.1. The number of pyridine rings is 1. The summed E-state index contributed by atoms with van der Waals surface area (Å²) in [5.74, 6) is -0.596. The van der Waals surface area contributed by atoms with E-state index in [1.165, 1.54) is 0 Å². The fourth-order valence-corrected chi connectivity index (χ4v) is 1.20. The van der Waals surface area contributed by atoms with Crippen LogP contribution in [-0.2, 0) is 11.2 Å². The Labute approximate surface area is 85.4 Å². The molecule has 0 saturated heterocycles. The van der Waals surface area contributed by atoms with Crippen LogP contribution in [0.4, 0.5) is 0 Å². The molecule has 0 aliphatic carbocycles. The van der Waals surface area contributed by atoms with Gasteiger partial charge in [-0.15, -0.1) is 0 Å². The Hall–Kier alpha value is -2.17. The van der Waals surface area contributed by atoms with Crippen molar-refractivity contribution < 1.29 is 14.4 Å². The van der Waals surface area contributed by atoms with Crippen molar-refractivity contribution in [2.24, 2.45) is 0 Å². The SMILES string of the molecule is O=C(O)Cc1cc(-c2ccncc2)no1. The van der Waals surface area contributed by atoms with Crippen molar-refractivity contribution in [3.05, 3.63) is 36.4 Å². The zero-order valence-electron chi connectivity index (χ0n) is 7.75. The van der Waals surface area contributed by atoms with Crippen molar-refractivity contribution in [3.63, 3.8) is 0 Å². The molecule has 0 fully saturated rings. The average molecular weight is 204 g/mol. The van der Waals surface area contributed by atoms with E-state index >= 15 is 0 Å². The van der Waals surface area contributed by atoms with Crippen LogP contribution in [-0.4, -0.2) is 21.2 Å². The van der Waals surface area contributed by atoms with Gasteiger partial charge in [0.25, 0.3) is 0 Å². The fraction of sp³-hybridized carbons (Fsp3) is 0.100. The molecule has 0 radical (unpaired) electrons. The van der Waals surface area contributed by atoms with Gasteiger partial charge in [-0.05, 0) is 12.1 Å². The maximum Gasteiger partial charge on any atom is 0.311 e. The summed E-state index contributed by atoms with van der Waals surface area (Å²) >= 11 is 0. The van der Waals surface area contributed by atoms with Gasteiger partial charge in [-0.2, -0.15) is 0 Å². The molecule has 5 nitrogen and oxygen atoms in total. The zero-order valence-corrected chi connectivity index (χ0v) is 7.75. The van der Waals surface area contributed by atoms with E-state index in [4.69, 9.17) is 9.63 Å². The van der Waals surface area contributed by atoms with Crippen molar-refractivity contribution in [2.75, 3.05) is 0 Å². The Balaban J connectivity index is 2.24. The van der Waals surface area contributed by atoms with Crippen LogP contribution in [0.5, 0.6) is 0 Å². The molecule has 0 aliphatic rings. The maximum atomic E-state index is 10.4. The predicted molar refractivity (Wildman–Crippen MR) is 51.1 cm³/mol. The van der Waals surface area contributed by atoms with E-state index in [9.17, 15) is 4.79 Å². The van der Waals surface area contributed by atoms with Crippen LogP contribution < -0.4 is 0 Å². The third-order valence-corrected chi connectivity index (χ3v) is 1.86. The number of aromatic nitrogens is 2. The Morgan fingerprint density at radius 2 is 2.13 bits per heavy atom. The molecule has 0 aliphatic heterocycles. The van der Waals surface area contributed by atoms with E-state index in [2.05, 4.69) is 10.1 Å². The number of nitrogens with zero attached hydrogens (tertiary/aromatic N) is 2. The summed E-state index contributed by atoms with van der Waals surface area (Å²) < 4.78 is 4.88. The number of aliphatic carboxylic acids is 1. The van der Waals surface area contributed by atoms with Gasteiger partial charge in [0.05, 0.1) is 0 Å². The van der Waals surface area contributed by atoms with Gasteiger partial charge in [-0.1, -0.05) is 5.16 Å². The summed E-state index contributed by atoms with van der Waals surface area (Å²) in [5.41, 5.74) is 1.47. The van der Waals surface area contributed by atoms with Crippen molar-refractivity contribution in [2.45, 2.75) is 6.42 Å². The second-order valence-corrected chi connectivity index (χ2v) is 2.98. The van der Waals surface area contributed by atoms with E-state index in [-0.39, 0.29) is 6.42 Å².